The lowest BCUT2D eigenvalue weighted by Gasteiger charge is -2.36. The summed E-state index contributed by atoms with van der Waals surface area (Å²) in [5.41, 5.74) is 1.41. The fourth-order valence-corrected chi connectivity index (χ4v) is 7.20. The fraction of sp³-hybridized carbons (Fsp3) is 0.457. The van der Waals surface area contributed by atoms with Crippen molar-refractivity contribution in [1.29, 1.82) is 0 Å². The van der Waals surface area contributed by atoms with E-state index in [0.29, 0.717) is 17.0 Å². The van der Waals surface area contributed by atoms with Gasteiger partial charge in [-0.25, -0.2) is 18.6 Å². The molecule has 2 N–H and O–H groups in total. The third kappa shape index (κ3) is 6.20. The molecule has 0 unspecified atom stereocenters. The summed E-state index contributed by atoms with van der Waals surface area (Å²) in [5, 5.41) is 14.3. The van der Waals surface area contributed by atoms with E-state index in [-0.39, 0.29) is 23.9 Å². The van der Waals surface area contributed by atoms with E-state index in [1.807, 2.05) is 51.1 Å². The van der Waals surface area contributed by atoms with Crippen molar-refractivity contribution >= 4 is 11.9 Å². The summed E-state index contributed by atoms with van der Waals surface area (Å²) in [7, 11) is 1.49. The number of nitrogens with zero attached hydrogens (tertiary/aromatic N) is 2. The number of ether oxygens (including phenoxy) is 1. The number of aliphatic carboxylic acids is 1. The van der Waals surface area contributed by atoms with Crippen LogP contribution in [0.4, 0.5) is 8.78 Å². The molecule has 2 heterocycles. The number of carboxylic acid groups (broad SMARTS) is 1. The first-order chi connectivity index (χ1) is 21.0. The van der Waals surface area contributed by atoms with Gasteiger partial charge >= 0.3 is 5.97 Å². The molecule has 0 radical (unpaired) electrons. The van der Waals surface area contributed by atoms with E-state index in [2.05, 4.69) is 10.3 Å². The molecule has 9 heteroatoms. The predicted molar refractivity (Wildman–Crippen MR) is 164 cm³/mol. The predicted octanol–water partition coefficient (Wildman–Crippen LogP) is 6.77. The van der Waals surface area contributed by atoms with E-state index in [1.54, 1.807) is 11.0 Å². The minimum Gasteiger partial charge on any atom is -0.481 e. The average Bonchev–Trinajstić information content (AvgIpc) is 3.38. The molecule has 0 spiro atoms. The minimum atomic E-state index is -1.04. The van der Waals surface area contributed by atoms with Crippen molar-refractivity contribution in [3.8, 4) is 17.0 Å². The molecule has 5 rings (SSSR count). The number of carbonyl (C=O) groups excluding carboxylic acids is 1. The lowest BCUT2D eigenvalue weighted by Crippen LogP contribution is -2.49. The number of likely N-dealkylation sites (tertiary alicyclic amines) is 1. The largest absolute Gasteiger partial charge is 0.481 e. The van der Waals surface area contributed by atoms with Gasteiger partial charge in [-0.1, -0.05) is 82.5 Å². The maximum absolute atomic E-state index is 14.7. The molecule has 1 aliphatic heterocycles. The van der Waals surface area contributed by atoms with Crippen molar-refractivity contribution in [2.45, 2.75) is 77.5 Å². The van der Waals surface area contributed by atoms with Crippen molar-refractivity contribution in [2.75, 3.05) is 7.11 Å². The second kappa shape index (κ2) is 13.0. The monoisotopic (exact) mass is 605 g/mol. The number of carboxylic acids is 1. The first-order valence-electron chi connectivity index (χ1n) is 15.3. The Bertz CT molecular complexity index is 1490. The molecule has 44 heavy (non-hydrogen) atoms. The van der Waals surface area contributed by atoms with Crippen molar-refractivity contribution in [3.05, 3.63) is 83.6 Å². The highest BCUT2D eigenvalue weighted by Gasteiger charge is 2.58. The quantitative estimate of drug-likeness (QED) is 0.294. The van der Waals surface area contributed by atoms with Gasteiger partial charge in [0.2, 0.25) is 11.8 Å². The molecule has 3 aromatic rings. The molecular formula is C35H41F2N3O4. The van der Waals surface area contributed by atoms with Crippen LogP contribution in [0.5, 0.6) is 5.88 Å². The molecule has 1 saturated heterocycles. The zero-order valence-corrected chi connectivity index (χ0v) is 25.7. The molecule has 2 aromatic carbocycles. The topological polar surface area (TPSA) is 91.8 Å². The highest BCUT2D eigenvalue weighted by molar-refractivity contribution is 5.87. The van der Waals surface area contributed by atoms with Gasteiger partial charge in [-0.05, 0) is 36.0 Å². The van der Waals surface area contributed by atoms with Crippen LogP contribution in [0.1, 0.15) is 70.0 Å². The molecule has 1 aliphatic carbocycles. The number of rotatable bonds is 8. The van der Waals surface area contributed by atoms with Gasteiger partial charge in [0.05, 0.1) is 13.2 Å². The SMILES string of the molecule is COc1ncc(-c2cccc(F)c2F)cc1CN[C@H]1[C@H](C(C)(C)C)[C@@H](C(=O)O)N(C(=O)C2CCCCC2)[C@H]1c1ccccc1. The third-order valence-electron chi connectivity index (χ3n) is 9.18. The Labute approximate surface area is 257 Å². The molecule has 1 amide bonds. The molecule has 2 fully saturated rings. The highest BCUT2D eigenvalue weighted by atomic mass is 19.2. The number of hydrogen-bond acceptors (Lipinski definition) is 5. The van der Waals surface area contributed by atoms with Gasteiger partial charge in [-0.2, -0.15) is 0 Å². The Balaban J connectivity index is 1.58. The van der Waals surface area contributed by atoms with Crippen LogP contribution in [0.3, 0.4) is 0 Å². The van der Waals surface area contributed by atoms with Crippen LogP contribution in [0.2, 0.25) is 0 Å². The van der Waals surface area contributed by atoms with Crippen LogP contribution < -0.4 is 10.1 Å². The van der Waals surface area contributed by atoms with Crippen LogP contribution >= 0.6 is 0 Å². The fourth-order valence-electron chi connectivity index (χ4n) is 7.20. The second-order valence-corrected chi connectivity index (χ2v) is 13.0. The van der Waals surface area contributed by atoms with Gasteiger partial charge in [0.25, 0.3) is 0 Å². The van der Waals surface area contributed by atoms with Crippen LogP contribution in [-0.4, -0.2) is 46.1 Å². The normalized spacial score (nSPS) is 22.6. The van der Waals surface area contributed by atoms with Crippen LogP contribution in [0.25, 0.3) is 11.1 Å². The smallest absolute Gasteiger partial charge is 0.326 e. The summed E-state index contributed by atoms with van der Waals surface area (Å²) in [5.74, 6) is -3.41. The molecule has 2 aliphatic rings. The summed E-state index contributed by atoms with van der Waals surface area (Å²) in [4.78, 5) is 33.4. The van der Waals surface area contributed by atoms with Crippen LogP contribution in [-0.2, 0) is 16.1 Å². The Morgan fingerprint density at radius 2 is 1.75 bits per heavy atom. The summed E-state index contributed by atoms with van der Waals surface area (Å²) in [6.07, 6.45) is 5.94. The van der Waals surface area contributed by atoms with Gasteiger partial charge in [0.15, 0.2) is 11.6 Å². The van der Waals surface area contributed by atoms with Crippen molar-refractivity contribution in [1.82, 2.24) is 15.2 Å². The van der Waals surface area contributed by atoms with E-state index in [0.717, 1.165) is 43.7 Å². The van der Waals surface area contributed by atoms with Crippen LogP contribution in [0.15, 0.2) is 60.8 Å². The number of carbonyl (C=O) groups is 2. The summed E-state index contributed by atoms with van der Waals surface area (Å²) >= 11 is 0. The van der Waals surface area contributed by atoms with E-state index >= 15 is 0 Å². The van der Waals surface area contributed by atoms with Crippen molar-refractivity contribution in [3.63, 3.8) is 0 Å². The van der Waals surface area contributed by atoms with Gasteiger partial charge in [0, 0.05) is 47.3 Å². The summed E-state index contributed by atoms with van der Waals surface area (Å²) < 4.78 is 34.3. The maximum Gasteiger partial charge on any atom is 0.326 e. The molecule has 7 nitrogen and oxygen atoms in total. The molecule has 0 bridgehead atoms. The molecule has 1 aromatic heterocycles. The van der Waals surface area contributed by atoms with Crippen molar-refractivity contribution in [2.24, 2.45) is 17.3 Å². The van der Waals surface area contributed by atoms with Gasteiger partial charge < -0.3 is 20.1 Å². The number of halogens is 2. The average molecular weight is 606 g/mol. The lowest BCUT2D eigenvalue weighted by molar-refractivity contribution is -0.154. The molecule has 4 atom stereocenters. The van der Waals surface area contributed by atoms with Crippen LogP contribution in [0, 0.1) is 28.9 Å². The number of aromatic nitrogens is 1. The van der Waals surface area contributed by atoms with Gasteiger partial charge in [-0.15, -0.1) is 0 Å². The molecule has 1 saturated carbocycles. The van der Waals surface area contributed by atoms with E-state index in [1.165, 1.54) is 25.4 Å². The number of hydrogen-bond donors (Lipinski definition) is 2. The Morgan fingerprint density at radius 3 is 2.39 bits per heavy atom. The zero-order chi connectivity index (χ0) is 31.6. The second-order valence-electron chi connectivity index (χ2n) is 13.0. The van der Waals surface area contributed by atoms with Gasteiger partial charge in [-0.3, -0.25) is 4.79 Å². The third-order valence-corrected chi connectivity index (χ3v) is 9.18. The molecular weight excluding hydrogens is 564 g/mol. The van der Waals surface area contributed by atoms with E-state index < -0.39 is 47.1 Å². The van der Waals surface area contributed by atoms with E-state index in [9.17, 15) is 23.5 Å². The summed E-state index contributed by atoms with van der Waals surface area (Å²) in [6, 6.07) is 13.3. The van der Waals surface area contributed by atoms with Crippen molar-refractivity contribution < 1.29 is 28.2 Å². The number of amides is 1. The number of pyridine rings is 1. The zero-order valence-electron chi connectivity index (χ0n) is 25.7. The summed E-state index contributed by atoms with van der Waals surface area (Å²) in [6.45, 7) is 6.22. The maximum atomic E-state index is 14.7. The highest BCUT2D eigenvalue weighted by Crippen LogP contribution is 2.49. The first-order valence-corrected chi connectivity index (χ1v) is 15.3. The Morgan fingerprint density at radius 1 is 1.05 bits per heavy atom. The standard InChI is InChI=1S/C35H41F2N3O4/c1-35(2,3)27-29(38-20-24-18-23(19-39-32(24)44-4)25-16-11-17-26(36)28(25)37)30(21-12-7-5-8-13-21)40(31(27)34(42)43)33(41)22-14-9-6-10-15-22/h5,7-8,11-13,16-19,22,27,29-31,38H,6,9-10,14-15,20H2,1-4H3,(H,42,43)/t27-,29-,30-,31-/m0/s1. The number of nitrogens with one attached hydrogen (secondary N) is 1. The Kier molecular flexibility index (Phi) is 9.34. The Hall–Kier alpha value is -3.85. The lowest BCUT2D eigenvalue weighted by atomic mass is 9.72. The van der Waals surface area contributed by atoms with E-state index in [4.69, 9.17) is 4.74 Å². The minimum absolute atomic E-state index is 0.0761. The molecule has 234 valence electrons. The number of methoxy groups -OCH3 is 1. The first kappa shape index (κ1) is 31.6. The number of benzene rings is 2. The van der Waals surface area contributed by atoms with Gasteiger partial charge in [0.1, 0.15) is 6.04 Å².